The van der Waals surface area contributed by atoms with Gasteiger partial charge in [0.1, 0.15) is 10.9 Å². The van der Waals surface area contributed by atoms with Crippen molar-refractivity contribution in [2.45, 2.75) is 6.92 Å². The average molecular weight is 364 g/mol. The number of methoxy groups -OCH3 is 1. The summed E-state index contributed by atoms with van der Waals surface area (Å²) in [5.74, 6) is 1.39. The van der Waals surface area contributed by atoms with Gasteiger partial charge in [0.15, 0.2) is 5.82 Å². The second-order valence-corrected chi connectivity index (χ2v) is 5.92. The summed E-state index contributed by atoms with van der Waals surface area (Å²) in [6.07, 6.45) is 0. The van der Waals surface area contributed by atoms with Crippen LogP contribution in [0.5, 0.6) is 5.75 Å². The van der Waals surface area contributed by atoms with Crippen LogP contribution < -0.4 is 4.74 Å². The van der Waals surface area contributed by atoms with Gasteiger partial charge in [0.05, 0.1) is 12.6 Å². The zero-order valence-corrected chi connectivity index (χ0v) is 13.9. The number of benzene rings is 2. The molecule has 2 aromatic carbocycles. The second-order valence-electron chi connectivity index (χ2n) is 4.71. The number of halogens is 2. The summed E-state index contributed by atoms with van der Waals surface area (Å²) in [5.41, 5.74) is 2.82. The van der Waals surface area contributed by atoms with Gasteiger partial charge in [0, 0.05) is 15.4 Å². The summed E-state index contributed by atoms with van der Waals surface area (Å²) in [7, 11) is 1.64. The van der Waals surface area contributed by atoms with E-state index in [0.717, 1.165) is 32.3 Å². The lowest BCUT2D eigenvalue weighted by Crippen LogP contribution is -1.93. The molecule has 0 amide bonds. The van der Waals surface area contributed by atoms with E-state index >= 15 is 0 Å². The number of rotatable bonds is 2. The third kappa shape index (κ3) is 2.74. The number of hydrogen-bond acceptors (Lipinski definition) is 3. The molecule has 0 fully saturated rings. The fourth-order valence-corrected chi connectivity index (χ4v) is 3.05. The van der Waals surface area contributed by atoms with Crippen LogP contribution in [0.25, 0.3) is 22.3 Å². The van der Waals surface area contributed by atoms with Gasteiger partial charge in [-0.1, -0.05) is 11.6 Å². The molecule has 0 bridgehead atoms. The van der Waals surface area contributed by atoms with Crippen LogP contribution in [-0.4, -0.2) is 17.1 Å². The van der Waals surface area contributed by atoms with E-state index in [1.165, 1.54) is 0 Å². The molecule has 5 heteroatoms. The minimum absolute atomic E-state index is 0.454. The molecule has 3 rings (SSSR count). The lowest BCUT2D eigenvalue weighted by Gasteiger charge is -2.08. The molecule has 3 aromatic rings. The SMILES string of the molecule is COc1ccc(-c2nc(Cl)c3cc(C)cc(Br)c3n2)cc1. The van der Waals surface area contributed by atoms with Gasteiger partial charge in [-0.3, -0.25) is 0 Å². The Balaban J connectivity index is 2.19. The predicted molar refractivity (Wildman–Crippen MR) is 89.0 cm³/mol. The largest absolute Gasteiger partial charge is 0.497 e. The van der Waals surface area contributed by atoms with E-state index in [4.69, 9.17) is 16.3 Å². The Labute approximate surface area is 136 Å². The lowest BCUT2D eigenvalue weighted by atomic mass is 10.1. The smallest absolute Gasteiger partial charge is 0.161 e. The normalized spacial score (nSPS) is 10.9. The first kappa shape index (κ1) is 14.3. The lowest BCUT2D eigenvalue weighted by molar-refractivity contribution is 0.415. The summed E-state index contributed by atoms with van der Waals surface area (Å²) >= 11 is 9.86. The van der Waals surface area contributed by atoms with Crippen molar-refractivity contribution in [2.24, 2.45) is 0 Å². The van der Waals surface area contributed by atoms with Crippen molar-refractivity contribution in [3.8, 4) is 17.1 Å². The summed E-state index contributed by atoms with van der Waals surface area (Å²) in [6, 6.07) is 11.6. The first-order chi connectivity index (χ1) is 10.1. The Bertz CT molecular complexity index is 819. The third-order valence-electron chi connectivity index (χ3n) is 3.20. The monoisotopic (exact) mass is 362 g/mol. The summed E-state index contributed by atoms with van der Waals surface area (Å²) in [6.45, 7) is 2.01. The summed E-state index contributed by atoms with van der Waals surface area (Å²) in [4.78, 5) is 9.02. The molecule has 3 nitrogen and oxygen atoms in total. The highest BCUT2D eigenvalue weighted by Gasteiger charge is 2.11. The van der Waals surface area contributed by atoms with Crippen LogP contribution in [0.2, 0.25) is 5.15 Å². The van der Waals surface area contributed by atoms with Gasteiger partial charge in [-0.2, -0.15) is 0 Å². The highest BCUT2D eigenvalue weighted by Crippen LogP contribution is 2.31. The Morgan fingerprint density at radius 2 is 1.81 bits per heavy atom. The van der Waals surface area contributed by atoms with Crippen LogP contribution in [0.15, 0.2) is 40.9 Å². The molecule has 0 unspecified atom stereocenters. The van der Waals surface area contributed by atoms with E-state index in [9.17, 15) is 0 Å². The Kier molecular flexibility index (Phi) is 3.83. The molecule has 0 saturated heterocycles. The Morgan fingerprint density at radius 1 is 1.10 bits per heavy atom. The van der Waals surface area contributed by atoms with Crippen LogP contribution in [0.4, 0.5) is 0 Å². The van der Waals surface area contributed by atoms with Gasteiger partial charge in [-0.05, 0) is 64.8 Å². The Hall–Kier alpha value is -1.65. The van der Waals surface area contributed by atoms with Crippen LogP contribution in [-0.2, 0) is 0 Å². The molecular weight excluding hydrogens is 352 g/mol. The standard InChI is InChI=1S/C16H12BrClN2O/c1-9-7-12-14(13(17)8-9)19-16(20-15(12)18)10-3-5-11(21-2)6-4-10/h3-8H,1-2H3. The fraction of sp³-hybridized carbons (Fsp3) is 0.125. The van der Waals surface area contributed by atoms with Crippen LogP contribution in [0, 0.1) is 6.92 Å². The maximum Gasteiger partial charge on any atom is 0.161 e. The zero-order valence-electron chi connectivity index (χ0n) is 11.5. The minimum atomic E-state index is 0.454. The summed E-state index contributed by atoms with van der Waals surface area (Å²) < 4.78 is 6.07. The molecule has 0 saturated carbocycles. The molecule has 0 aliphatic carbocycles. The van der Waals surface area contributed by atoms with Crippen molar-refractivity contribution in [3.63, 3.8) is 0 Å². The van der Waals surface area contributed by atoms with Crippen molar-refractivity contribution in [2.75, 3.05) is 7.11 Å². The average Bonchev–Trinajstić information content (AvgIpc) is 2.48. The number of ether oxygens (including phenoxy) is 1. The number of aryl methyl sites for hydroxylation is 1. The van der Waals surface area contributed by atoms with Gasteiger partial charge >= 0.3 is 0 Å². The maximum absolute atomic E-state index is 6.32. The first-order valence-corrected chi connectivity index (χ1v) is 7.53. The van der Waals surface area contributed by atoms with Crippen LogP contribution >= 0.6 is 27.5 Å². The third-order valence-corrected chi connectivity index (χ3v) is 4.09. The first-order valence-electron chi connectivity index (χ1n) is 6.36. The van der Waals surface area contributed by atoms with Gasteiger partial charge in [0.2, 0.25) is 0 Å². The van der Waals surface area contributed by atoms with Crippen LogP contribution in [0.1, 0.15) is 5.56 Å². The van der Waals surface area contributed by atoms with E-state index in [-0.39, 0.29) is 0 Å². The second kappa shape index (κ2) is 5.62. The summed E-state index contributed by atoms with van der Waals surface area (Å²) in [5, 5.41) is 1.30. The molecule has 21 heavy (non-hydrogen) atoms. The van der Waals surface area contributed by atoms with E-state index < -0.39 is 0 Å². The molecule has 1 aromatic heterocycles. The molecule has 0 aliphatic rings. The van der Waals surface area contributed by atoms with Crippen molar-refractivity contribution in [1.29, 1.82) is 0 Å². The van der Waals surface area contributed by atoms with Crippen LogP contribution in [0.3, 0.4) is 0 Å². The molecule has 0 aliphatic heterocycles. The molecule has 0 spiro atoms. The zero-order chi connectivity index (χ0) is 15.0. The van der Waals surface area contributed by atoms with Gasteiger partial charge in [0.25, 0.3) is 0 Å². The molecule has 0 atom stereocenters. The fourth-order valence-electron chi connectivity index (χ4n) is 2.16. The van der Waals surface area contributed by atoms with Gasteiger partial charge < -0.3 is 4.74 Å². The van der Waals surface area contributed by atoms with Crippen molar-refractivity contribution in [1.82, 2.24) is 9.97 Å². The quantitative estimate of drug-likeness (QED) is 0.599. The highest BCUT2D eigenvalue weighted by molar-refractivity contribution is 9.10. The maximum atomic E-state index is 6.32. The van der Waals surface area contributed by atoms with E-state index in [1.54, 1.807) is 7.11 Å². The van der Waals surface area contributed by atoms with Gasteiger partial charge in [-0.15, -0.1) is 0 Å². The number of hydrogen-bond donors (Lipinski definition) is 0. The topological polar surface area (TPSA) is 35.0 Å². The van der Waals surface area contributed by atoms with Gasteiger partial charge in [-0.25, -0.2) is 9.97 Å². The van der Waals surface area contributed by atoms with Crippen molar-refractivity contribution >= 4 is 38.4 Å². The molecular formula is C16H12BrClN2O. The molecule has 0 N–H and O–H groups in total. The molecule has 0 radical (unpaired) electrons. The van der Waals surface area contributed by atoms with Crippen molar-refractivity contribution < 1.29 is 4.74 Å². The van der Waals surface area contributed by atoms with Crippen molar-refractivity contribution in [3.05, 3.63) is 51.6 Å². The highest BCUT2D eigenvalue weighted by atomic mass is 79.9. The Morgan fingerprint density at radius 3 is 2.48 bits per heavy atom. The van der Waals surface area contributed by atoms with E-state index in [2.05, 4.69) is 25.9 Å². The molecule has 106 valence electrons. The number of nitrogens with zero attached hydrogens (tertiary/aromatic N) is 2. The van der Waals surface area contributed by atoms with E-state index in [0.29, 0.717) is 11.0 Å². The number of fused-ring (bicyclic) bond motifs is 1. The molecule has 1 heterocycles. The predicted octanol–water partition coefficient (Wildman–Crippen LogP) is 5.03. The van der Waals surface area contributed by atoms with E-state index in [1.807, 2.05) is 43.3 Å². The number of aromatic nitrogens is 2. The minimum Gasteiger partial charge on any atom is -0.497 e.